The number of hydrogen-bond acceptors (Lipinski definition) is 5. The zero-order valence-corrected chi connectivity index (χ0v) is 16.2. The van der Waals surface area contributed by atoms with Crippen molar-refractivity contribution in [2.45, 2.75) is 31.7 Å². The van der Waals surface area contributed by atoms with E-state index >= 15 is 0 Å². The first kappa shape index (κ1) is 17.9. The van der Waals surface area contributed by atoms with Gasteiger partial charge in [-0.15, -0.1) is 10.2 Å². The first-order valence-corrected chi connectivity index (χ1v) is 9.21. The number of carbonyl (C=O) groups excluding carboxylic acids is 1. The van der Waals surface area contributed by atoms with Crippen LogP contribution in [0, 0.1) is 5.82 Å². The fraction of sp³-hybridized carbons (Fsp3) is 0.526. The van der Waals surface area contributed by atoms with Gasteiger partial charge in [-0.05, 0) is 32.5 Å². The highest BCUT2D eigenvalue weighted by Gasteiger charge is 2.36. The van der Waals surface area contributed by atoms with Gasteiger partial charge in [0.15, 0.2) is 0 Å². The minimum absolute atomic E-state index is 0.0478. The molecule has 144 valence electrons. The molecule has 0 spiro atoms. The fourth-order valence-corrected chi connectivity index (χ4v) is 3.92. The van der Waals surface area contributed by atoms with Gasteiger partial charge in [-0.25, -0.2) is 4.39 Å². The zero-order chi connectivity index (χ0) is 19.3. The molecule has 7 nitrogen and oxygen atoms in total. The molecule has 0 saturated carbocycles. The Balaban J connectivity index is 1.58. The predicted octanol–water partition coefficient (Wildman–Crippen LogP) is 1.76. The summed E-state index contributed by atoms with van der Waals surface area (Å²) < 4.78 is 15.9. The minimum atomic E-state index is -0.449. The Kier molecular flexibility index (Phi) is 4.18. The lowest BCUT2D eigenvalue weighted by Gasteiger charge is -2.45. The number of hydrogen-bond donors (Lipinski definition) is 1. The van der Waals surface area contributed by atoms with Crippen LogP contribution < -0.4 is 10.2 Å². The number of benzene rings is 1. The first-order valence-electron chi connectivity index (χ1n) is 9.21. The van der Waals surface area contributed by atoms with E-state index in [1.807, 2.05) is 11.6 Å². The van der Waals surface area contributed by atoms with E-state index in [1.54, 1.807) is 12.1 Å². The molecule has 1 N–H and O–H groups in total. The predicted molar refractivity (Wildman–Crippen MR) is 101 cm³/mol. The van der Waals surface area contributed by atoms with E-state index < -0.39 is 11.7 Å². The van der Waals surface area contributed by atoms with Crippen LogP contribution in [0.3, 0.4) is 0 Å². The molecule has 0 bridgehead atoms. The van der Waals surface area contributed by atoms with Crippen LogP contribution in [0.1, 0.15) is 31.2 Å². The van der Waals surface area contributed by atoms with Crippen LogP contribution in [0.2, 0.25) is 0 Å². The summed E-state index contributed by atoms with van der Waals surface area (Å²) >= 11 is 0. The number of piperazine rings is 1. The van der Waals surface area contributed by atoms with Gasteiger partial charge in [-0.3, -0.25) is 9.69 Å². The number of anilines is 2. The molecule has 1 saturated heterocycles. The maximum atomic E-state index is 13.9. The number of nitrogens with one attached hydrogen (secondary N) is 1. The molecule has 1 aromatic heterocycles. The third-order valence-corrected chi connectivity index (χ3v) is 5.91. The number of likely N-dealkylation sites (N-methyl/N-ethyl adjacent to an activating group) is 1. The van der Waals surface area contributed by atoms with E-state index in [0.717, 1.165) is 31.4 Å². The van der Waals surface area contributed by atoms with Gasteiger partial charge in [-0.2, -0.15) is 0 Å². The number of aromatic nitrogens is 3. The third kappa shape index (κ3) is 2.97. The quantitative estimate of drug-likeness (QED) is 0.889. The lowest BCUT2D eigenvalue weighted by molar-refractivity contribution is -0.117. The van der Waals surface area contributed by atoms with Crippen LogP contribution in [-0.2, 0) is 18.3 Å². The molecule has 1 aromatic carbocycles. The number of halogens is 1. The average Bonchev–Trinajstić information content (AvgIpc) is 3.13. The molecular weight excluding hydrogens is 347 g/mol. The smallest absolute Gasteiger partial charge is 0.232 e. The van der Waals surface area contributed by atoms with Crippen molar-refractivity contribution in [3.05, 3.63) is 35.4 Å². The summed E-state index contributed by atoms with van der Waals surface area (Å²) in [5.41, 5.74) is 1.02. The van der Waals surface area contributed by atoms with Crippen molar-refractivity contribution < 1.29 is 9.18 Å². The normalized spacial score (nSPS) is 22.0. The number of fused-ring (bicyclic) bond motifs is 1. The second-order valence-corrected chi connectivity index (χ2v) is 8.08. The molecule has 2 aromatic rings. The highest BCUT2D eigenvalue weighted by molar-refractivity contribution is 6.03. The summed E-state index contributed by atoms with van der Waals surface area (Å²) in [5.74, 6) is 0.487. The molecule has 27 heavy (non-hydrogen) atoms. The van der Waals surface area contributed by atoms with E-state index in [0.29, 0.717) is 12.0 Å². The fourth-order valence-electron chi connectivity index (χ4n) is 3.92. The van der Waals surface area contributed by atoms with E-state index in [-0.39, 0.29) is 17.1 Å². The number of rotatable bonds is 3. The van der Waals surface area contributed by atoms with Crippen molar-refractivity contribution in [2.75, 3.05) is 36.9 Å². The summed E-state index contributed by atoms with van der Waals surface area (Å²) in [5, 5.41) is 11.4. The van der Waals surface area contributed by atoms with Gasteiger partial charge < -0.3 is 14.8 Å². The summed E-state index contributed by atoms with van der Waals surface area (Å²) in [6, 6.07) is 4.79. The van der Waals surface area contributed by atoms with E-state index in [1.165, 1.54) is 6.07 Å². The van der Waals surface area contributed by atoms with Gasteiger partial charge in [0.05, 0.1) is 11.6 Å². The zero-order valence-electron chi connectivity index (χ0n) is 16.2. The van der Waals surface area contributed by atoms with Gasteiger partial charge >= 0.3 is 0 Å². The second kappa shape index (κ2) is 6.30. The van der Waals surface area contributed by atoms with Gasteiger partial charge in [0.2, 0.25) is 11.9 Å². The Morgan fingerprint density at radius 2 is 2.04 bits per heavy atom. The van der Waals surface area contributed by atoms with Crippen molar-refractivity contribution in [2.24, 2.45) is 7.05 Å². The van der Waals surface area contributed by atoms with Gasteiger partial charge in [0.1, 0.15) is 11.6 Å². The van der Waals surface area contributed by atoms with E-state index in [9.17, 15) is 9.18 Å². The summed E-state index contributed by atoms with van der Waals surface area (Å²) in [7, 11) is 4.06. The number of nitrogens with zero attached hydrogens (tertiary/aromatic N) is 5. The Labute approximate surface area is 158 Å². The molecular formula is C19H25FN6O. The maximum Gasteiger partial charge on any atom is 0.232 e. The van der Waals surface area contributed by atoms with Crippen LogP contribution in [0.15, 0.2) is 18.2 Å². The SMILES string of the molecule is CN1CCN(c2nnc(CC3C(=O)Nc4c(F)cccc43)n2C)CC1(C)C. The molecule has 1 atom stereocenters. The summed E-state index contributed by atoms with van der Waals surface area (Å²) in [6.07, 6.45) is 0.392. The average molecular weight is 372 g/mol. The lowest BCUT2D eigenvalue weighted by atomic mass is 9.97. The van der Waals surface area contributed by atoms with Crippen LogP contribution >= 0.6 is 0 Å². The van der Waals surface area contributed by atoms with Gasteiger partial charge in [0, 0.05) is 38.6 Å². The highest BCUT2D eigenvalue weighted by atomic mass is 19.1. The molecule has 4 rings (SSSR count). The molecule has 3 heterocycles. The number of para-hydroxylation sites is 1. The molecule has 2 aliphatic heterocycles. The largest absolute Gasteiger partial charge is 0.338 e. The first-order chi connectivity index (χ1) is 12.8. The number of amides is 1. The summed E-state index contributed by atoms with van der Waals surface area (Å²) in [4.78, 5) is 17.0. The van der Waals surface area contributed by atoms with Crippen molar-refractivity contribution in [1.29, 1.82) is 0 Å². The Bertz CT molecular complexity index is 892. The molecule has 0 radical (unpaired) electrons. The number of carbonyl (C=O) groups is 1. The molecule has 2 aliphatic rings. The Morgan fingerprint density at radius 1 is 1.26 bits per heavy atom. The van der Waals surface area contributed by atoms with Crippen LogP contribution in [-0.4, -0.2) is 57.8 Å². The monoisotopic (exact) mass is 372 g/mol. The lowest BCUT2D eigenvalue weighted by Crippen LogP contribution is -2.58. The Morgan fingerprint density at radius 3 is 2.78 bits per heavy atom. The van der Waals surface area contributed by atoms with E-state index in [2.05, 4.69) is 46.2 Å². The molecule has 0 aliphatic carbocycles. The van der Waals surface area contributed by atoms with Crippen LogP contribution in [0.25, 0.3) is 0 Å². The molecule has 1 unspecified atom stereocenters. The van der Waals surface area contributed by atoms with Crippen molar-refractivity contribution in [3.8, 4) is 0 Å². The Hall–Kier alpha value is -2.48. The van der Waals surface area contributed by atoms with E-state index in [4.69, 9.17) is 0 Å². The maximum absolute atomic E-state index is 13.9. The van der Waals surface area contributed by atoms with Crippen LogP contribution in [0.5, 0.6) is 0 Å². The van der Waals surface area contributed by atoms with Gasteiger partial charge in [0.25, 0.3) is 0 Å². The minimum Gasteiger partial charge on any atom is -0.338 e. The third-order valence-electron chi connectivity index (χ3n) is 5.91. The summed E-state index contributed by atoms with van der Waals surface area (Å²) in [6.45, 7) is 7.11. The van der Waals surface area contributed by atoms with Crippen molar-refractivity contribution >= 4 is 17.5 Å². The standard InChI is InChI=1S/C19H25FN6O/c1-19(2)11-26(9-8-24(19)3)18-23-22-15(25(18)4)10-13-12-6-5-7-14(20)16(12)21-17(13)27/h5-7,13H,8-11H2,1-4H3,(H,21,27). The van der Waals surface area contributed by atoms with Crippen LogP contribution in [0.4, 0.5) is 16.0 Å². The molecule has 1 amide bonds. The van der Waals surface area contributed by atoms with Gasteiger partial charge in [-0.1, -0.05) is 12.1 Å². The van der Waals surface area contributed by atoms with Crippen molar-refractivity contribution in [3.63, 3.8) is 0 Å². The molecule has 8 heteroatoms. The second-order valence-electron chi connectivity index (χ2n) is 8.08. The molecule has 1 fully saturated rings. The topological polar surface area (TPSA) is 66.3 Å². The highest BCUT2D eigenvalue weighted by Crippen LogP contribution is 2.36. The van der Waals surface area contributed by atoms with Crippen molar-refractivity contribution in [1.82, 2.24) is 19.7 Å².